The van der Waals surface area contributed by atoms with Crippen LogP contribution in [0.5, 0.6) is 0 Å². The summed E-state index contributed by atoms with van der Waals surface area (Å²) in [5, 5.41) is 12.3. The molecule has 4 rings (SSSR count). The molecule has 4 N–H and O–H groups in total. The molecule has 1 aliphatic carbocycles. The van der Waals surface area contributed by atoms with Gasteiger partial charge in [0.15, 0.2) is 5.82 Å². The van der Waals surface area contributed by atoms with Crippen LogP contribution in [0.3, 0.4) is 0 Å². The predicted octanol–water partition coefficient (Wildman–Crippen LogP) is 1.94. The molecule has 1 saturated carbocycles. The van der Waals surface area contributed by atoms with Gasteiger partial charge in [-0.05, 0) is 43.7 Å². The first kappa shape index (κ1) is 21.4. The number of hydrogen-bond acceptors (Lipinski definition) is 7. The molecule has 0 radical (unpaired) electrons. The number of amides is 4. The Balaban J connectivity index is 1.38. The summed E-state index contributed by atoms with van der Waals surface area (Å²) in [5.74, 6) is 5.87. The van der Waals surface area contributed by atoms with Crippen molar-refractivity contribution in [2.24, 2.45) is 5.92 Å². The number of rotatable bonds is 5. The van der Waals surface area contributed by atoms with E-state index in [0.29, 0.717) is 40.3 Å². The molecule has 1 saturated heterocycles. The average Bonchev–Trinajstić information content (AvgIpc) is 3.22. The molecule has 2 aromatic rings. The third-order valence-electron chi connectivity index (χ3n) is 5.64. The molecule has 1 aromatic heterocycles. The third-order valence-corrected chi connectivity index (χ3v) is 6.91. The zero-order valence-electron chi connectivity index (χ0n) is 16.8. The molecule has 4 amide bonds. The number of hydrazine groups is 1. The number of nitrogen functional groups attached to an aromatic ring is 1. The minimum absolute atomic E-state index is 0.112. The Morgan fingerprint density at radius 2 is 2.03 bits per heavy atom. The fraction of sp³-hybridized carbons (Fsp3) is 0.421. The summed E-state index contributed by atoms with van der Waals surface area (Å²) < 4.78 is 1.24. The van der Waals surface area contributed by atoms with Crippen LogP contribution < -0.4 is 16.6 Å². The van der Waals surface area contributed by atoms with Gasteiger partial charge in [0.05, 0.1) is 10.8 Å². The Morgan fingerprint density at radius 3 is 2.74 bits per heavy atom. The van der Waals surface area contributed by atoms with Crippen molar-refractivity contribution in [2.75, 3.05) is 11.6 Å². The van der Waals surface area contributed by atoms with Crippen LogP contribution in [0.2, 0.25) is 5.02 Å². The van der Waals surface area contributed by atoms with Crippen molar-refractivity contribution in [3.63, 3.8) is 0 Å². The fourth-order valence-corrected chi connectivity index (χ4v) is 4.67. The van der Waals surface area contributed by atoms with Gasteiger partial charge in [-0.25, -0.2) is 9.47 Å². The molecule has 2 heterocycles. The quantitative estimate of drug-likeness (QED) is 0.350. The van der Waals surface area contributed by atoms with Crippen LogP contribution in [0.15, 0.2) is 29.4 Å². The highest BCUT2D eigenvalue weighted by molar-refractivity contribution is 7.99. The second kappa shape index (κ2) is 8.39. The molecule has 0 bridgehead atoms. The van der Waals surface area contributed by atoms with Gasteiger partial charge in [-0.1, -0.05) is 42.4 Å². The van der Waals surface area contributed by atoms with E-state index in [-0.39, 0.29) is 5.75 Å². The molecule has 1 spiro atoms. The van der Waals surface area contributed by atoms with Gasteiger partial charge >= 0.3 is 6.03 Å². The number of benzene rings is 1. The van der Waals surface area contributed by atoms with Gasteiger partial charge in [0.25, 0.3) is 5.91 Å². The average molecular weight is 464 g/mol. The SMILES string of the molecule is CC1CCC2(CC1)NC(=O)N(NC(=O)CSc1nnc(-c3ccccc3Cl)n1N)C2=O. The lowest BCUT2D eigenvalue weighted by molar-refractivity contribution is -0.139. The van der Waals surface area contributed by atoms with Crippen LogP contribution >= 0.6 is 23.4 Å². The minimum Gasteiger partial charge on any atom is -0.335 e. The van der Waals surface area contributed by atoms with Crippen LogP contribution in [0.4, 0.5) is 4.79 Å². The summed E-state index contributed by atoms with van der Waals surface area (Å²) in [5.41, 5.74) is 2.09. The second-order valence-corrected chi connectivity index (χ2v) is 9.16. The van der Waals surface area contributed by atoms with Gasteiger partial charge in [0.2, 0.25) is 11.1 Å². The maximum Gasteiger partial charge on any atom is 0.344 e. The topological polar surface area (TPSA) is 135 Å². The van der Waals surface area contributed by atoms with E-state index < -0.39 is 23.4 Å². The van der Waals surface area contributed by atoms with Crippen LogP contribution in [0, 0.1) is 5.92 Å². The lowest BCUT2D eigenvalue weighted by Gasteiger charge is -2.33. The van der Waals surface area contributed by atoms with E-state index in [2.05, 4.69) is 27.9 Å². The number of nitrogens with zero attached hydrogens (tertiary/aromatic N) is 4. The first-order valence-corrected chi connectivity index (χ1v) is 11.2. The van der Waals surface area contributed by atoms with Gasteiger partial charge in [-0.3, -0.25) is 15.0 Å². The van der Waals surface area contributed by atoms with E-state index in [1.165, 1.54) is 4.68 Å². The number of carbonyl (C=O) groups excluding carboxylic acids is 3. The van der Waals surface area contributed by atoms with Crippen LogP contribution in [-0.4, -0.2) is 49.0 Å². The summed E-state index contributed by atoms with van der Waals surface area (Å²) in [7, 11) is 0. The van der Waals surface area contributed by atoms with E-state index in [1.807, 2.05) is 0 Å². The van der Waals surface area contributed by atoms with Crippen molar-refractivity contribution in [1.29, 1.82) is 0 Å². The number of hydrogen-bond donors (Lipinski definition) is 3. The normalized spacial score (nSPS) is 23.3. The summed E-state index contributed by atoms with van der Waals surface area (Å²) in [6.07, 6.45) is 2.84. The van der Waals surface area contributed by atoms with Crippen molar-refractivity contribution >= 4 is 41.2 Å². The largest absolute Gasteiger partial charge is 0.344 e. The lowest BCUT2D eigenvalue weighted by Crippen LogP contribution is -2.51. The molecule has 164 valence electrons. The molecule has 12 heteroatoms. The van der Waals surface area contributed by atoms with Gasteiger partial charge in [0, 0.05) is 5.56 Å². The summed E-state index contributed by atoms with van der Waals surface area (Å²) in [6, 6.07) is 6.45. The first-order valence-electron chi connectivity index (χ1n) is 9.85. The Morgan fingerprint density at radius 1 is 1.32 bits per heavy atom. The molecular formula is C19H22ClN7O3S. The Hall–Kier alpha value is -2.79. The summed E-state index contributed by atoms with van der Waals surface area (Å²) >= 11 is 7.21. The second-order valence-electron chi connectivity index (χ2n) is 7.82. The van der Waals surface area contributed by atoms with Crippen LogP contribution in [0.1, 0.15) is 32.6 Å². The maximum absolute atomic E-state index is 12.8. The van der Waals surface area contributed by atoms with E-state index in [1.54, 1.807) is 24.3 Å². The predicted molar refractivity (Wildman–Crippen MR) is 115 cm³/mol. The molecule has 0 unspecified atom stereocenters. The highest BCUT2D eigenvalue weighted by Gasteiger charge is 2.52. The Labute approximate surface area is 187 Å². The highest BCUT2D eigenvalue weighted by atomic mass is 35.5. The lowest BCUT2D eigenvalue weighted by atomic mass is 9.77. The van der Waals surface area contributed by atoms with Gasteiger partial charge in [-0.2, -0.15) is 5.01 Å². The minimum atomic E-state index is -0.911. The number of carbonyl (C=O) groups is 3. The Bertz CT molecular complexity index is 1040. The Kier molecular flexibility index (Phi) is 5.80. The first-order chi connectivity index (χ1) is 14.8. The number of nitrogens with one attached hydrogen (secondary N) is 2. The highest BCUT2D eigenvalue weighted by Crippen LogP contribution is 2.36. The number of imide groups is 1. The molecule has 2 fully saturated rings. The molecule has 10 nitrogen and oxygen atoms in total. The monoisotopic (exact) mass is 463 g/mol. The van der Waals surface area contributed by atoms with Crippen molar-refractivity contribution in [2.45, 2.75) is 43.3 Å². The number of aromatic nitrogens is 3. The standard InChI is InChI=1S/C19H22ClN7O3S/c1-11-6-8-19(9-7-11)16(29)27(17(30)22-19)25-14(28)10-31-18-24-23-15(26(18)21)12-4-2-3-5-13(12)20/h2-5,11H,6-10,21H2,1H3,(H,22,30)(H,25,28). The van der Waals surface area contributed by atoms with E-state index in [0.717, 1.165) is 29.6 Å². The molecule has 0 atom stereocenters. The molecular weight excluding hydrogens is 442 g/mol. The van der Waals surface area contributed by atoms with E-state index in [9.17, 15) is 14.4 Å². The number of thioether (sulfide) groups is 1. The van der Waals surface area contributed by atoms with Crippen molar-refractivity contribution in [3.05, 3.63) is 29.3 Å². The fourth-order valence-electron chi connectivity index (χ4n) is 3.80. The number of urea groups is 1. The van der Waals surface area contributed by atoms with Gasteiger partial charge in [-0.15, -0.1) is 10.2 Å². The number of halogens is 1. The van der Waals surface area contributed by atoms with Gasteiger partial charge < -0.3 is 11.2 Å². The zero-order valence-corrected chi connectivity index (χ0v) is 18.4. The van der Waals surface area contributed by atoms with Crippen molar-refractivity contribution in [1.82, 2.24) is 30.6 Å². The van der Waals surface area contributed by atoms with Crippen LogP contribution in [0.25, 0.3) is 11.4 Å². The smallest absolute Gasteiger partial charge is 0.335 e. The third kappa shape index (κ3) is 4.07. The van der Waals surface area contributed by atoms with E-state index >= 15 is 0 Å². The van der Waals surface area contributed by atoms with Crippen molar-refractivity contribution in [3.8, 4) is 11.4 Å². The molecule has 1 aromatic carbocycles. The van der Waals surface area contributed by atoms with Crippen molar-refractivity contribution < 1.29 is 14.4 Å². The summed E-state index contributed by atoms with van der Waals surface area (Å²) in [6.45, 7) is 2.12. The van der Waals surface area contributed by atoms with Gasteiger partial charge in [0.1, 0.15) is 5.54 Å². The zero-order chi connectivity index (χ0) is 22.2. The molecule has 31 heavy (non-hydrogen) atoms. The summed E-state index contributed by atoms with van der Waals surface area (Å²) in [4.78, 5) is 37.5. The van der Waals surface area contributed by atoms with E-state index in [4.69, 9.17) is 17.4 Å². The number of nitrogens with two attached hydrogens (primary N) is 1. The maximum atomic E-state index is 12.8. The molecule has 2 aliphatic rings. The van der Waals surface area contributed by atoms with Crippen LogP contribution in [-0.2, 0) is 9.59 Å². The molecule has 1 aliphatic heterocycles.